The Bertz CT molecular complexity index is 622. The van der Waals surface area contributed by atoms with Crippen LogP contribution in [-0.2, 0) is 4.74 Å². The Morgan fingerprint density at radius 1 is 1.14 bits per heavy atom. The minimum atomic E-state index is 0.160. The summed E-state index contributed by atoms with van der Waals surface area (Å²) in [5.74, 6) is 1.41. The van der Waals surface area contributed by atoms with Crippen molar-refractivity contribution in [2.75, 3.05) is 39.3 Å². The molecule has 2 N–H and O–H groups in total. The number of ether oxygens (including phenoxy) is 1. The molecule has 0 aromatic heterocycles. The molecule has 0 saturated carbocycles. The average Bonchev–Trinajstić information content (AvgIpc) is 2.75. The first-order chi connectivity index (χ1) is 14.2. The van der Waals surface area contributed by atoms with Gasteiger partial charge in [-0.1, -0.05) is 36.8 Å². The number of nitrogens with zero attached hydrogens (tertiary/aromatic N) is 2. The van der Waals surface area contributed by atoms with Gasteiger partial charge in [0.05, 0.1) is 6.10 Å². The third-order valence-electron chi connectivity index (χ3n) is 6.15. The van der Waals surface area contributed by atoms with Gasteiger partial charge in [-0.2, -0.15) is 0 Å². The Balaban J connectivity index is 1.58. The second-order valence-corrected chi connectivity index (χ2v) is 8.58. The van der Waals surface area contributed by atoms with E-state index >= 15 is 0 Å². The van der Waals surface area contributed by atoms with E-state index in [1.165, 1.54) is 56.4 Å². The van der Waals surface area contributed by atoms with Gasteiger partial charge in [0, 0.05) is 44.7 Å². The van der Waals surface area contributed by atoms with Crippen molar-refractivity contribution in [2.24, 2.45) is 10.9 Å². The van der Waals surface area contributed by atoms with Gasteiger partial charge in [0.2, 0.25) is 0 Å². The Labute approximate surface area is 177 Å². The van der Waals surface area contributed by atoms with Gasteiger partial charge < -0.3 is 20.3 Å². The highest BCUT2D eigenvalue weighted by molar-refractivity contribution is 5.80. The van der Waals surface area contributed by atoms with Crippen molar-refractivity contribution in [1.29, 1.82) is 0 Å². The zero-order chi connectivity index (χ0) is 20.5. The molecule has 0 bridgehead atoms. The molecule has 0 radical (unpaired) electrons. The fourth-order valence-electron chi connectivity index (χ4n) is 4.49. The van der Waals surface area contributed by atoms with Crippen molar-refractivity contribution in [3.05, 3.63) is 35.4 Å². The largest absolute Gasteiger partial charge is 0.373 e. The van der Waals surface area contributed by atoms with E-state index in [9.17, 15) is 0 Å². The highest BCUT2D eigenvalue weighted by Gasteiger charge is 2.27. The first-order valence-electron chi connectivity index (χ1n) is 11.6. The summed E-state index contributed by atoms with van der Waals surface area (Å²) in [6.45, 7) is 12.7. The van der Waals surface area contributed by atoms with E-state index in [0.29, 0.717) is 12.0 Å². The van der Waals surface area contributed by atoms with Crippen molar-refractivity contribution in [3.8, 4) is 0 Å². The molecule has 5 nitrogen and oxygen atoms in total. The van der Waals surface area contributed by atoms with Crippen molar-refractivity contribution in [1.82, 2.24) is 15.5 Å². The van der Waals surface area contributed by atoms with Crippen LogP contribution in [-0.4, -0.2) is 56.2 Å². The Hall–Kier alpha value is -1.59. The van der Waals surface area contributed by atoms with Crippen LogP contribution in [0.4, 0.5) is 0 Å². The maximum atomic E-state index is 6.18. The smallest absolute Gasteiger partial charge is 0.191 e. The molecular weight excluding hydrogens is 360 g/mol. The monoisotopic (exact) mass is 400 g/mol. The van der Waals surface area contributed by atoms with Gasteiger partial charge in [-0.25, -0.2) is 0 Å². The van der Waals surface area contributed by atoms with E-state index in [1.54, 1.807) is 0 Å². The first-order valence-corrected chi connectivity index (χ1v) is 11.6. The standard InChI is InChI=1S/C24H40N4O/c1-4-14-28-15-12-22(13-16-28)27-24(25-5-2)26-18-21-7-6-17-29-23(21)20-10-8-19(3)9-11-20/h8-11,21-23H,4-7,12-18H2,1-3H3,(H2,25,26,27). The van der Waals surface area contributed by atoms with Gasteiger partial charge >= 0.3 is 0 Å². The Kier molecular flexibility index (Phi) is 8.81. The number of hydrogen-bond donors (Lipinski definition) is 2. The van der Waals surface area contributed by atoms with E-state index in [2.05, 4.69) is 60.6 Å². The lowest BCUT2D eigenvalue weighted by molar-refractivity contribution is -0.0250. The SMILES string of the molecule is CCCN1CCC(NC(=NCC2CCCOC2c2ccc(C)cc2)NCC)CC1. The van der Waals surface area contributed by atoms with E-state index in [4.69, 9.17) is 9.73 Å². The summed E-state index contributed by atoms with van der Waals surface area (Å²) in [6, 6.07) is 9.33. The molecule has 0 aliphatic carbocycles. The molecule has 2 fully saturated rings. The number of aliphatic imine (C=N–C) groups is 1. The molecule has 5 heteroatoms. The number of piperidine rings is 1. The number of nitrogens with one attached hydrogen (secondary N) is 2. The maximum Gasteiger partial charge on any atom is 0.191 e. The number of rotatable bonds is 7. The van der Waals surface area contributed by atoms with Crippen LogP contribution < -0.4 is 10.6 Å². The molecule has 0 amide bonds. The van der Waals surface area contributed by atoms with Crippen molar-refractivity contribution < 1.29 is 4.74 Å². The van der Waals surface area contributed by atoms with Gasteiger partial charge in [0.25, 0.3) is 0 Å². The van der Waals surface area contributed by atoms with Crippen molar-refractivity contribution >= 4 is 5.96 Å². The predicted octanol–water partition coefficient (Wildman–Crippen LogP) is 3.89. The third-order valence-corrected chi connectivity index (χ3v) is 6.15. The lowest BCUT2D eigenvalue weighted by Gasteiger charge is -2.33. The van der Waals surface area contributed by atoms with Gasteiger partial charge in [0.1, 0.15) is 0 Å². The average molecular weight is 401 g/mol. The van der Waals surface area contributed by atoms with Gasteiger partial charge in [-0.15, -0.1) is 0 Å². The van der Waals surface area contributed by atoms with Crippen molar-refractivity contribution in [2.45, 2.75) is 65.0 Å². The maximum absolute atomic E-state index is 6.18. The molecule has 162 valence electrons. The first kappa shape index (κ1) is 22.1. The number of guanidine groups is 1. The molecule has 1 aromatic carbocycles. The summed E-state index contributed by atoms with van der Waals surface area (Å²) < 4.78 is 6.18. The number of hydrogen-bond acceptors (Lipinski definition) is 3. The van der Waals surface area contributed by atoms with E-state index in [1.807, 2.05) is 0 Å². The number of aryl methyl sites for hydroxylation is 1. The second-order valence-electron chi connectivity index (χ2n) is 8.58. The zero-order valence-corrected chi connectivity index (χ0v) is 18.6. The number of likely N-dealkylation sites (tertiary alicyclic amines) is 1. The molecule has 2 saturated heterocycles. The van der Waals surface area contributed by atoms with Crippen LogP contribution in [0.2, 0.25) is 0 Å². The molecule has 2 aliphatic rings. The summed E-state index contributed by atoms with van der Waals surface area (Å²) >= 11 is 0. The van der Waals surface area contributed by atoms with Crippen LogP contribution in [0.1, 0.15) is 63.2 Å². The van der Waals surface area contributed by atoms with Crippen LogP contribution in [0.25, 0.3) is 0 Å². The fraction of sp³-hybridized carbons (Fsp3) is 0.708. The topological polar surface area (TPSA) is 48.9 Å². The Morgan fingerprint density at radius 2 is 1.90 bits per heavy atom. The molecule has 2 heterocycles. The lowest BCUT2D eigenvalue weighted by Crippen LogP contribution is -2.49. The van der Waals surface area contributed by atoms with Crippen LogP contribution >= 0.6 is 0 Å². The summed E-state index contributed by atoms with van der Waals surface area (Å²) in [7, 11) is 0. The quantitative estimate of drug-likeness (QED) is 0.538. The summed E-state index contributed by atoms with van der Waals surface area (Å²) in [5, 5.41) is 7.14. The van der Waals surface area contributed by atoms with Gasteiger partial charge in [-0.05, 0) is 58.1 Å². The van der Waals surface area contributed by atoms with Gasteiger partial charge in [0.15, 0.2) is 5.96 Å². The normalized spacial score (nSPS) is 24.4. The molecule has 1 aromatic rings. The van der Waals surface area contributed by atoms with E-state index in [-0.39, 0.29) is 6.10 Å². The number of benzene rings is 1. The Morgan fingerprint density at radius 3 is 2.59 bits per heavy atom. The summed E-state index contributed by atoms with van der Waals surface area (Å²) in [4.78, 5) is 7.56. The molecular formula is C24H40N4O. The van der Waals surface area contributed by atoms with E-state index in [0.717, 1.165) is 32.1 Å². The predicted molar refractivity (Wildman–Crippen MR) is 121 cm³/mol. The second kappa shape index (κ2) is 11.6. The highest BCUT2D eigenvalue weighted by atomic mass is 16.5. The van der Waals surface area contributed by atoms with Crippen LogP contribution in [0, 0.1) is 12.8 Å². The van der Waals surface area contributed by atoms with Crippen LogP contribution in [0.15, 0.2) is 29.3 Å². The minimum absolute atomic E-state index is 0.160. The summed E-state index contributed by atoms with van der Waals surface area (Å²) in [5.41, 5.74) is 2.58. The van der Waals surface area contributed by atoms with Crippen LogP contribution in [0.5, 0.6) is 0 Å². The fourth-order valence-corrected chi connectivity index (χ4v) is 4.49. The molecule has 29 heavy (non-hydrogen) atoms. The van der Waals surface area contributed by atoms with Crippen LogP contribution in [0.3, 0.4) is 0 Å². The minimum Gasteiger partial charge on any atom is -0.373 e. The molecule has 2 aliphatic heterocycles. The lowest BCUT2D eigenvalue weighted by atomic mass is 9.89. The van der Waals surface area contributed by atoms with E-state index < -0.39 is 0 Å². The van der Waals surface area contributed by atoms with Crippen molar-refractivity contribution in [3.63, 3.8) is 0 Å². The summed E-state index contributed by atoms with van der Waals surface area (Å²) in [6.07, 6.45) is 6.10. The van der Waals surface area contributed by atoms with Gasteiger partial charge in [-0.3, -0.25) is 4.99 Å². The third kappa shape index (κ3) is 6.71. The molecule has 3 rings (SSSR count). The highest BCUT2D eigenvalue weighted by Crippen LogP contribution is 2.34. The zero-order valence-electron chi connectivity index (χ0n) is 18.6. The molecule has 0 spiro atoms. The molecule has 2 atom stereocenters. The molecule has 2 unspecified atom stereocenters.